The first kappa shape index (κ1) is 21.8. The fourth-order valence-corrected chi connectivity index (χ4v) is 3.77. The summed E-state index contributed by atoms with van der Waals surface area (Å²) < 4.78 is 19.7. The number of hydrogen-bond acceptors (Lipinski definition) is 3. The number of aryl methyl sites for hydroxylation is 2. The number of carbonyl (C=O) groups excluding carboxylic acids is 2. The van der Waals surface area contributed by atoms with Gasteiger partial charge in [-0.05, 0) is 56.4 Å². The number of amides is 2. The SMILES string of the molecule is Cc1cccc(C)c1OCCCC(=O)NC1CCN(C(=O)c2ccccc2F)CC1. The lowest BCUT2D eigenvalue weighted by molar-refractivity contribution is -0.122. The molecule has 2 amide bonds. The maximum Gasteiger partial charge on any atom is 0.256 e. The first-order valence-corrected chi connectivity index (χ1v) is 10.5. The Labute approximate surface area is 177 Å². The molecule has 0 aromatic heterocycles. The van der Waals surface area contributed by atoms with E-state index >= 15 is 0 Å². The average molecular weight is 413 g/mol. The quantitative estimate of drug-likeness (QED) is 0.699. The maximum absolute atomic E-state index is 13.8. The van der Waals surface area contributed by atoms with Crippen LogP contribution in [0.5, 0.6) is 5.75 Å². The highest BCUT2D eigenvalue weighted by molar-refractivity contribution is 5.94. The number of nitrogens with zero attached hydrogens (tertiary/aromatic N) is 1. The molecule has 0 saturated carbocycles. The normalized spacial score (nSPS) is 14.4. The summed E-state index contributed by atoms with van der Waals surface area (Å²) in [6.07, 6.45) is 2.39. The summed E-state index contributed by atoms with van der Waals surface area (Å²) in [6, 6.07) is 12.1. The second kappa shape index (κ2) is 10.2. The van der Waals surface area contributed by atoms with E-state index in [0.29, 0.717) is 45.4 Å². The molecule has 30 heavy (non-hydrogen) atoms. The summed E-state index contributed by atoms with van der Waals surface area (Å²) in [5.74, 6) is 0.103. The molecule has 0 atom stereocenters. The van der Waals surface area contributed by atoms with E-state index < -0.39 is 5.82 Å². The van der Waals surface area contributed by atoms with Crippen molar-refractivity contribution in [2.75, 3.05) is 19.7 Å². The maximum atomic E-state index is 13.8. The van der Waals surface area contributed by atoms with E-state index in [1.807, 2.05) is 32.0 Å². The number of piperidine rings is 1. The van der Waals surface area contributed by atoms with Crippen LogP contribution in [0.3, 0.4) is 0 Å². The van der Waals surface area contributed by atoms with E-state index in [0.717, 1.165) is 16.9 Å². The van der Waals surface area contributed by atoms with E-state index in [1.54, 1.807) is 17.0 Å². The number of rotatable bonds is 7. The van der Waals surface area contributed by atoms with E-state index in [-0.39, 0.29) is 23.4 Å². The van der Waals surface area contributed by atoms with Crippen molar-refractivity contribution in [3.63, 3.8) is 0 Å². The standard InChI is InChI=1S/C24H29FN2O3/c1-17-7-5-8-18(2)23(17)30-16-6-11-22(28)26-19-12-14-27(15-13-19)24(29)20-9-3-4-10-21(20)25/h3-5,7-10,19H,6,11-16H2,1-2H3,(H,26,28). The molecule has 0 unspecified atom stereocenters. The summed E-state index contributed by atoms with van der Waals surface area (Å²) in [4.78, 5) is 26.4. The van der Waals surface area contributed by atoms with Gasteiger partial charge in [-0.2, -0.15) is 0 Å². The van der Waals surface area contributed by atoms with Gasteiger partial charge < -0.3 is 15.0 Å². The van der Waals surface area contributed by atoms with Crippen molar-refractivity contribution < 1.29 is 18.7 Å². The Balaban J connectivity index is 1.37. The highest BCUT2D eigenvalue weighted by atomic mass is 19.1. The summed E-state index contributed by atoms with van der Waals surface area (Å²) in [7, 11) is 0. The van der Waals surface area contributed by atoms with Crippen LogP contribution in [0.25, 0.3) is 0 Å². The van der Waals surface area contributed by atoms with E-state index in [4.69, 9.17) is 4.74 Å². The number of ether oxygens (including phenoxy) is 1. The van der Waals surface area contributed by atoms with Crippen LogP contribution in [0.2, 0.25) is 0 Å². The monoisotopic (exact) mass is 412 g/mol. The molecule has 0 spiro atoms. The summed E-state index contributed by atoms with van der Waals surface area (Å²) >= 11 is 0. The molecule has 1 heterocycles. The molecule has 1 N–H and O–H groups in total. The lowest BCUT2D eigenvalue weighted by atomic mass is 10.0. The zero-order chi connectivity index (χ0) is 21.5. The Morgan fingerprint density at radius 1 is 1.07 bits per heavy atom. The molecule has 6 heteroatoms. The minimum absolute atomic E-state index is 0.000939. The third kappa shape index (κ3) is 5.59. The van der Waals surface area contributed by atoms with Gasteiger partial charge in [0.1, 0.15) is 11.6 Å². The van der Waals surface area contributed by atoms with Crippen LogP contribution >= 0.6 is 0 Å². The zero-order valence-electron chi connectivity index (χ0n) is 17.6. The highest BCUT2D eigenvalue weighted by Crippen LogP contribution is 2.22. The molecule has 160 valence electrons. The fourth-order valence-electron chi connectivity index (χ4n) is 3.77. The Kier molecular flexibility index (Phi) is 7.44. The van der Waals surface area contributed by atoms with Crippen LogP contribution in [0, 0.1) is 19.7 Å². The second-order valence-corrected chi connectivity index (χ2v) is 7.79. The van der Waals surface area contributed by atoms with Gasteiger partial charge in [-0.1, -0.05) is 30.3 Å². The van der Waals surface area contributed by atoms with Crippen LogP contribution in [0.15, 0.2) is 42.5 Å². The van der Waals surface area contributed by atoms with Crippen LogP contribution in [0.4, 0.5) is 4.39 Å². The molecule has 2 aromatic rings. The molecule has 5 nitrogen and oxygen atoms in total. The number of benzene rings is 2. The number of halogens is 1. The lowest BCUT2D eigenvalue weighted by Crippen LogP contribution is -2.46. The molecular formula is C24H29FN2O3. The molecule has 2 aromatic carbocycles. The molecular weight excluding hydrogens is 383 g/mol. The van der Waals surface area contributed by atoms with Gasteiger partial charge in [0.15, 0.2) is 0 Å². The van der Waals surface area contributed by atoms with Gasteiger partial charge in [0.2, 0.25) is 5.91 Å². The minimum atomic E-state index is -0.499. The third-order valence-electron chi connectivity index (χ3n) is 5.45. The predicted molar refractivity (Wildman–Crippen MR) is 114 cm³/mol. The van der Waals surface area contributed by atoms with Crippen LogP contribution < -0.4 is 10.1 Å². The van der Waals surface area contributed by atoms with Crippen molar-refractivity contribution in [3.8, 4) is 5.75 Å². The van der Waals surface area contributed by atoms with Crippen molar-refractivity contribution in [1.82, 2.24) is 10.2 Å². The number of hydrogen-bond donors (Lipinski definition) is 1. The Bertz CT molecular complexity index is 872. The number of para-hydroxylation sites is 1. The fraction of sp³-hybridized carbons (Fsp3) is 0.417. The first-order chi connectivity index (χ1) is 14.5. The molecule has 3 rings (SSSR count). The van der Waals surface area contributed by atoms with Gasteiger partial charge in [0.25, 0.3) is 5.91 Å². The highest BCUT2D eigenvalue weighted by Gasteiger charge is 2.25. The van der Waals surface area contributed by atoms with Gasteiger partial charge in [-0.15, -0.1) is 0 Å². The summed E-state index contributed by atoms with van der Waals surface area (Å²) in [6.45, 7) is 5.53. The number of likely N-dealkylation sites (tertiary alicyclic amines) is 1. The third-order valence-corrected chi connectivity index (χ3v) is 5.45. The Morgan fingerprint density at radius 3 is 2.40 bits per heavy atom. The zero-order valence-corrected chi connectivity index (χ0v) is 17.6. The van der Waals surface area contributed by atoms with Crippen LogP contribution in [0.1, 0.15) is 47.2 Å². The molecule has 0 aliphatic carbocycles. The number of nitrogens with one attached hydrogen (secondary N) is 1. The minimum Gasteiger partial charge on any atom is -0.493 e. The Hall–Kier alpha value is -2.89. The average Bonchev–Trinajstić information content (AvgIpc) is 2.73. The topological polar surface area (TPSA) is 58.6 Å². The molecule has 0 radical (unpaired) electrons. The van der Waals surface area contributed by atoms with Crippen LogP contribution in [-0.2, 0) is 4.79 Å². The molecule has 1 fully saturated rings. The van der Waals surface area contributed by atoms with Gasteiger partial charge in [-0.25, -0.2) is 4.39 Å². The lowest BCUT2D eigenvalue weighted by Gasteiger charge is -2.32. The summed E-state index contributed by atoms with van der Waals surface area (Å²) in [5.41, 5.74) is 2.29. The van der Waals surface area contributed by atoms with Crippen molar-refractivity contribution in [1.29, 1.82) is 0 Å². The van der Waals surface area contributed by atoms with Gasteiger partial charge >= 0.3 is 0 Å². The molecule has 1 aliphatic rings. The van der Waals surface area contributed by atoms with Crippen molar-refractivity contribution in [2.24, 2.45) is 0 Å². The van der Waals surface area contributed by atoms with Gasteiger partial charge in [-0.3, -0.25) is 9.59 Å². The van der Waals surface area contributed by atoms with E-state index in [1.165, 1.54) is 12.1 Å². The van der Waals surface area contributed by atoms with Crippen molar-refractivity contribution in [2.45, 2.75) is 45.6 Å². The van der Waals surface area contributed by atoms with Crippen molar-refractivity contribution in [3.05, 3.63) is 65.0 Å². The molecule has 0 bridgehead atoms. The molecule has 1 saturated heterocycles. The van der Waals surface area contributed by atoms with Gasteiger partial charge in [0, 0.05) is 25.6 Å². The van der Waals surface area contributed by atoms with Gasteiger partial charge in [0.05, 0.1) is 12.2 Å². The smallest absolute Gasteiger partial charge is 0.256 e. The summed E-state index contributed by atoms with van der Waals surface area (Å²) in [5, 5.41) is 3.04. The van der Waals surface area contributed by atoms with Crippen molar-refractivity contribution >= 4 is 11.8 Å². The Morgan fingerprint density at radius 2 is 1.73 bits per heavy atom. The second-order valence-electron chi connectivity index (χ2n) is 7.79. The van der Waals surface area contributed by atoms with Crippen LogP contribution in [-0.4, -0.2) is 42.5 Å². The largest absolute Gasteiger partial charge is 0.493 e. The first-order valence-electron chi connectivity index (χ1n) is 10.5. The number of carbonyl (C=O) groups is 2. The molecule has 1 aliphatic heterocycles. The van der Waals surface area contributed by atoms with E-state index in [9.17, 15) is 14.0 Å². The predicted octanol–water partition coefficient (Wildman–Crippen LogP) is 4.02. The van der Waals surface area contributed by atoms with E-state index in [2.05, 4.69) is 5.32 Å².